The molecule has 2 rings (SSSR count). The van der Waals surface area contributed by atoms with Gasteiger partial charge in [0.15, 0.2) is 0 Å². The third-order valence-electron chi connectivity index (χ3n) is 4.14. The normalized spacial score (nSPS) is 11.6. The summed E-state index contributed by atoms with van der Waals surface area (Å²) < 4.78 is 70.7. The van der Waals surface area contributed by atoms with Crippen LogP contribution in [0.3, 0.4) is 0 Å². The molecule has 7 nitrogen and oxygen atoms in total. The Kier molecular flexibility index (Phi) is 10.0. The Bertz CT molecular complexity index is 1080. The Morgan fingerprint density at radius 3 is 2.03 bits per heavy atom. The number of carbonyl (C=O) groups excluding carboxylic acids is 2. The third kappa shape index (κ3) is 8.77. The maximum atomic E-state index is 13.0. The summed E-state index contributed by atoms with van der Waals surface area (Å²) in [7, 11) is 0. The SMILES string of the molecule is CC(C)N(C(=O)c1cccc(C(F)(F)F)c1)c1ccccc1/C=C/C(=O)NO.O=C(O)C(F)(F)F. The van der Waals surface area contributed by atoms with Crippen LogP contribution in [0.15, 0.2) is 54.6 Å². The van der Waals surface area contributed by atoms with Crippen LogP contribution in [0, 0.1) is 0 Å². The number of halogens is 6. The number of carboxylic acids is 1. The van der Waals surface area contributed by atoms with E-state index in [1.54, 1.807) is 38.1 Å². The van der Waals surface area contributed by atoms with Gasteiger partial charge in [0.2, 0.25) is 0 Å². The number of amides is 2. The molecule has 3 N–H and O–H groups in total. The van der Waals surface area contributed by atoms with Crippen LogP contribution >= 0.6 is 0 Å². The van der Waals surface area contributed by atoms with Gasteiger partial charge in [-0.1, -0.05) is 24.3 Å². The van der Waals surface area contributed by atoms with E-state index in [0.29, 0.717) is 11.3 Å². The molecule has 0 aliphatic heterocycles. The predicted octanol–water partition coefficient (Wildman–Crippen LogP) is 4.91. The quantitative estimate of drug-likeness (QED) is 0.231. The number of anilines is 1. The molecule has 0 aromatic heterocycles. The molecule has 0 aliphatic rings. The van der Waals surface area contributed by atoms with Crippen LogP contribution in [0.4, 0.5) is 32.0 Å². The van der Waals surface area contributed by atoms with Crippen LogP contribution in [-0.2, 0) is 15.8 Å². The van der Waals surface area contributed by atoms with Gasteiger partial charge in [-0.05, 0) is 49.8 Å². The van der Waals surface area contributed by atoms with Gasteiger partial charge in [-0.3, -0.25) is 14.8 Å². The number of hydroxylamine groups is 1. The molecule has 2 aromatic carbocycles. The first kappa shape index (κ1) is 29.2. The lowest BCUT2D eigenvalue weighted by molar-refractivity contribution is -0.192. The standard InChI is InChI=1S/C20H19F3N2O3.C2HF3O2/c1-13(2)25(17-9-4-3-6-14(17)10-11-18(26)24-28)19(27)15-7-5-8-16(12-15)20(21,22)23;3-2(4,5)1(6)7/h3-13,28H,1-2H3,(H,24,26);(H,6,7)/b11-10+;. The molecule has 0 aliphatic carbocycles. The van der Waals surface area contributed by atoms with Crippen molar-refractivity contribution in [3.63, 3.8) is 0 Å². The van der Waals surface area contributed by atoms with Crippen molar-refractivity contribution >= 4 is 29.5 Å². The van der Waals surface area contributed by atoms with Crippen molar-refractivity contribution in [2.45, 2.75) is 32.2 Å². The number of nitrogens with one attached hydrogen (secondary N) is 1. The summed E-state index contributed by atoms with van der Waals surface area (Å²) in [6, 6.07) is 10.5. The fourth-order valence-electron chi connectivity index (χ4n) is 2.64. The zero-order chi connectivity index (χ0) is 27.0. The molecular weight excluding hydrogens is 486 g/mol. The number of hydrogen-bond donors (Lipinski definition) is 3. The predicted molar refractivity (Wildman–Crippen MR) is 112 cm³/mol. The summed E-state index contributed by atoms with van der Waals surface area (Å²) in [4.78, 5) is 34.5. The van der Waals surface area contributed by atoms with E-state index in [1.165, 1.54) is 28.6 Å². The number of nitrogens with zero attached hydrogens (tertiary/aromatic N) is 1. The highest BCUT2D eigenvalue weighted by molar-refractivity contribution is 6.07. The van der Waals surface area contributed by atoms with Gasteiger partial charge >= 0.3 is 18.3 Å². The van der Waals surface area contributed by atoms with Crippen molar-refractivity contribution in [1.29, 1.82) is 0 Å². The van der Waals surface area contributed by atoms with E-state index in [2.05, 4.69) is 0 Å². The van der Waals surface area contributed by atoms with Crippen LogP contribution in [0.1, 0.15) is 35.3 Å². The maximum Gasteiger partial charge on any atom is 0.490 e. The number of carboxylic acid groups (broad SMARTS) is 1. The van der Waals surface area contributed by atoms with Crippen molar-refractivity contribution in [2.75, 3.05) is 4.90 Å². The summed E-state index contributed by atoms with van der Waals surface area (Å²) in [5, 5.41) is 15.7. The fraction of sp³-hybridized carbons (Fsp3) is 0.227. The van der Waals surface area contributed by atoms with E-state index in [1.807, 2.05) is 0 Å². The topological polar surface area (TPSA) is 107 Å². The molecule has 0 heterocycles. The van der Waals surface area contributed by atoms with E-state index in [4.69, 9.17) is 15.1 Å². The van der Waals surface area contributed by atoms with E-state index in [9.17, 15) is 35.9 Å². The molecular formula is C22H20F6N2O5. The first-order valence-electron chi connectivity index (χ1n) is 9.61. The van der Waals surface area contributed by atoms with Gasteiger partial charge in [0.05, 0.1) is 11.3 Å². The molecule has 35 heavy (non-hydrogen) atoms. The average Bonchev–Trinajstić information content (AvgIpc) is 2.77. The van der Waals surface area contributed by atoms with Crippen molar-refractivity contribution in [3.05, 3.63) is 71.3 Å². The number of benzene rings is 2. The van der Waals surface area contributed by atoms with Gasteiger partial charge in [-0.25, -0.2) is 10.3 Å². The lowest BCUT2D eigenvalue weighted by atomic mass is 10.1. The Morgan fingerprint density at radius 2 is 1.54 bits per heavy atom. The zero-order valence-electron chi connectivity index (χ0n) is 18.2. The van der Waals surface area contributed by atoms with Gasteiger partial charge < -0.3 is 10.0 Å². The van der Waals surface area contributed by atoms with Crippen LogP contribution < -0.4 is 10.4 Å². The van der Waals surface area contributed by atoms with Gasteiger partial charge in [0, 0.05) is 17.7 Å². The molecule has 0 atom stereocenters. The van der Waals surface area contributed by atoms with E-state index in [-0.39, 0.29) is 11.6 Å². The molecule has 13 heteroatoms. The molecule has 0 bridgehead atoms. The second kappa shape index (κ2) is 12.0. The number of carbonyl (C=O) groups is 3. The summed E-state index contributed by atoms with van der Waals surface area (Å²) in [5.41, 5.74) is 1.36. The van der Waals surface area contributed by atoms with E-state index < -0.39 is 35.7 Å². The first-order chi connectivity index (χ1) is 16.1. The third-order valence-corrected chi connectivity index (χ3v) is 4.14. The second-order valence-electron chi connectivity index (χ2n) is 7.02. The molecule has 0 radical (unpaired) electrons. The Morgan fingerprint density at radius 1 is 0.971 bits per heavy atom. The molecule has 0 unspecified atom stereocenters. The Labute approximate surface area is 195 Å². The minimum Gasteiger partial charge on any atom is -0.475 e. The van der Waals surface area contributed by atoms with Crippen molar-refractivity contribution in [2.24, 2.45) is 0 Å². The largest absolute Gasteiger partial charge is 0.490 e. The second-order valence-corrected chi connectivity index (χ2v) is 7.02. The van der Waals surface area contributed by atoms with Gasteiger partial charge in [0.25, 0.3) is 11.8 Å². The fourth-order valence-corrected chi connectivity index (χ4v) is 2.64. The summed E-state index contributed by atoms with van der Waals surface area (Å²) in [5.74, 6) is -4.11. The van der Waals surface area contributed by atoms with E-state index >= 15 is 0 Å². The minimum absolute atomic E-state index is 0.101. The smallest absolute Gasteiger partial charge is 0.475 e. The van der Waals surface area contributed by atoms with Crippen LogP contribution in [0.25, 0.3) is 6.08 Å². The highest BCUT2D eigenvalue weighted by Crippen LogP contribution is 2.31. The van der Waals surface area contributed by atoms with Crippen LogP contribution in [-0.4, -0.2) is 40.3 Å². The average molecular weight is 506 g/mol. The summed E-state index contributed by atoms with van der Waals surface area (Å²) in [6.45, 7) is 3.46. The zero-order valence-corrected chi connectivity index (χ0v) is 18.2. The highest BCUT2D eigenvalue weighted by atomic mass is 19.4. The monoisotopic (exact) mass is 506 g/mol. The number of para-hydroxylation sites is 1. The molecule has 0 fully saturated rings. The first-order valence-corrected chi connectivity index (χ1v) is 9.61. The van der Waals surface area contributed by atoms with Crippen molar-refractivity contribution in [3.8, 4) is 0 Å². The highest BCUT2D eigenvalue weighted by Gasteiger charge is 2.38. The number of aliphatic carboxylic acids is 1. The number of alkyl halides is 6. The van der Waals surface area contributed by atoms with Crippen LogP contribution in [0.2, 0.25) is 0 Å². The van der Waals surface area contributed by atoms with Gasteiger partial charge in [0.1, 0.15) is 0 Å². The summed E-state index contributed by atoms with van der Waals surface area (Å²) >= 11 is 0. The minimum atomic E-state index is -5.08. The number of hydrogen-bond acceptors (Lipinski definition) is 4. The van der Waals surface area contributed by atoms with Crippen LogP contribution in [0.5, 0.6) is 0 Å². The lowest BCUT2D eigenvalue weighted by Gasteiger charge is -2.28. The lowest BCUT2D eigenvalue weighted by Crippen LogP contribution is -2.37. The van der Waals surface area contributed by atoms with Gasteiger partial charge in [-0.2, -0.15) is 26.3 Å². The van der Waals surface area contributed by atoms with E-state index in [0.717, 1.165) is 18.2 Å². The Hall–Kier alpha value is -3.87. The molecule has 0 saturated heterocycles. The van der Waals surface area contributed by atoms with Gasteiger partial charge in [-0.15, -0.1) is 0 Å². The Balaban J connectivity index is 0.000000762. The molecule has 190 valence electrons. The maximum absolute atomic E-state index is 13.0. The molecule has 0 spiro atoms. The molecule has 2 amide bonds. The van der Waals surface area contributed by atoms with Crippen molar-refractivity contribution < 1.29 is 51.0 Å². The molecule has 0 saturated carbocycles. The van der Waals surface area contributed by atoms with Crippen molar-refractivity contribution in [1.82, 2.24) is 5.48 Å². The molecule has 2 aromatic rings. The number of rotatable bonds is 5. The summed E-state index contributed by atoms with van der Waals surface area (Å²) in [6.07, 6.45) is -7.17.